The largest absolute Gasteiger partial charge is 0.350 e. The molecule has 1 heterocycles. The summed E-state index contributed by atoms with van der Waals surface area (Å²) < 4.78 is 0. The molecule has 2 N–H and O–H groups in total. The van der Waals surface area contributed by atoms with E-state index in [2.05, 4.69) is 10.6 Å². The molecule has 0 aliphatic heterocycles. The second-order valence-electron chi connectivity index (χ2n) is 4.76. The first-order valence-corrected chi connectivity index (χ1v) is 7.74. The summed E-state index contributed by atoms with van der Waals surface area (Å²) in [5.41, 5.74) is 0.999. The van der Waals surface area contributed by atoms with Crippen LogP contribution in [0.25, 0.3) is 0 Å². The van der Waals surface area contributed by atoms with E-state index in [1.807, 2.05) is 25.3 Å². The van der Waals surface area contributed by atoms with Gasteiger partial charge in [-0.2, -0.15) is 0 Å². The zero-order valence-corrected chi connectivity index (χ0v) is 12.9. The van der Waals surface area contributed by atoms with E-state index in [-0.39, 0.29) is 17.9 Å². The van der Waals surface area contributed by atoms with Gasteiger partial charge in [0.2, 0.25) is 0 Å². The first kappa shape index (κ1) is 15.3. The van der Waals surface area contributed by atoms with E-state index in [1.165, 1.54) is 11.3 Å². The standard InChI is InChI=1S/C16H18N2O2S/c1-3-11(2)17-15(19)12-7-4-5-8-13(12)18-16(20)14-9-6-10-21-14/h4-11H,3H2,1-2H3,(H,17,19)(H,18,20). The van der Waals surface area contributed by atoms with Gasteiger partial charge in [0, 0.05) is 6.04 Å². The van der Waals surface area contributed by atoms with Crippen LogP contribution in [-0.4, -0.2) is 17.9 Å². The van der Waals surface area contributed by atoms with Crippen molar-refractivity contribution < 1.29 is 9.59 Å². The summed E-state index contributed by atoms with van der Waals surface area (Å²) in [6.07, 6.45) is 0.857. The molecule has 2 rings (SSSR count). The summed E-state index contributed by atoms with van der Waals surface area (Å²) in [4.78, 5) is 25.0. The monoisotopic (exact) mass is 302 g/mol. The van der Waals surface area contributed by atoms with Gasteiger partial charge < -0.3 is 10.6 Å². The van der Waals surface area contributed by atoms with Crippen LogP contribution < -0.4 is 10.6 Å². The van der Waals surface area contributed by atoms with Crippen LogP contribution in [0.1, 0.15) is 40.3 Å². The average Bonchev–Trinajstić information content (AvgIpc) is 3.01. The molecule has 0 bridgehead atoms. The van der Waals surface area contributed by atoms with Crippen LogP contribution >= 0.6 is 11.3 Å². The summed E-state index contributed by atoms with van der Waals surface area (Å²) in [6.45, 7) is 3.96. The number of amides is 2. The van der Waals surface area contributed by atoms with Crippen LogP contribution in [0.15, 0.2) is 41.8 Å². The lowest BCUT2D eigenvalue weighted by molar-refractivity contribution is 0.0940. The van der Waals surface area contributed by atoms with E-state index in [9.17, 15) is 9.59 Å². The third kappa shape index (κ3) is 3.92. The number of carbonyl (C=O) groups is 2. The second-order valence-corrected chi connectivity index (χ2v) is 5.71. The minimum Gasteiger partial charge on any atom is -0.350 e. The summed E-state index contributed by atoms with van der Waals surface area (Å²) in [5.74, 6) is -0.375. The number of nitrogens with one attached hydrogen (secondary N) is 2. The van der Waals surface area contributed by atoms with Crippen molar-refractivity contribution in [3.05, 3.63) is 52.2 Å². The first-order valence-electron chi connectivity index (χ1n) is 6.86. The zero-order valence-electron chi connectivity index (χ0n) is 12.1. The van der Waals surface area contributed by atoms with Crippen LogP contribution in [0, 0.1) is 0 Å². The number of benzene rings is 1. The highest BCUT2D eigenvalue weighted by Crippen LogP contribution is 2.18. The Hall–Kier alpha value is -2.14. The van der Waals surface area contributed by atoms with Gasteiger partial charge in [0.1, 0.15) is 0 Å². The van der Waals surface area contributed by atoms with Gasteiger partial charge in [-0.3, -0.25) is 9.59 Å². The molecule has 5 heteroatoms. The van der Waals surface area contributed by atoms with E-state index >= 15 is 0 Å². The van der Waals surface area contributed by atoms with Crippen molar-refractivity contribution in [1.82, 2.24) is 5.32 Å². The van der Waals surface area contributed by atoms with Gasteiger partial charge in [0.15, 0.2) is 0 Å². The van der Waals surface area contributed by atoms with Crippen molar-refractivity contribution >= 4 is 28.8 Å². The lowest BCUT2D eigenvalue weighted by Gasteiger charge is -2.14. The highest BCUT2D eigenvalue weighted by atomic mass is 32.1. The molecule has 4 nitrogen and oxygen atoms in total. The maximum absolute atomic E-state index is 12.2. The molecule has 110 valence electrons. The predicted molar refractivity (Wildman–Crippen MR) is 85.9 cm³/mol. The van der Waals surface area contributed by atoms with Gasteiger partial charge in [0.05, 0.1) is 16.1 Å². The average molecular weight is 302 g/mol. The number of hydrogen-bond donors (Lipinski definition) is 2. The number of thiophene rings is 1. The van der Waals surface area contributed by atoms with Crippen LogP contribution in [0.3, 0.4) is 0 Å². The second kappa shape index (κ2) is 7.04. The summed E-state index contributed by atoms with van der Waals surface area (Å²) in [7, 11) is 0. The minimum absolute atomic E-state index is 0.0959. The van der Waals surface area contributed by atoms with Gasteiger partial charge in [0.25, 0.3) is 11.8 Å². The summed E-state index contributed by atoms with van der Waals surface area (Å²) >= 11 is 1.37. The quantitative estimate of drug-likeness (QED) is 0.887. The lowest BCUT2D eigenvalue weighted by atomic mass is 10.1. The van der Waals surface area contributed by atoms with E-state index in [1.54, 1.807) is 30.3 Å². The SMILES string of the molecule is CCC(C)NC(=O)c1ccccc1NC(=O)c1cccs1. The van der Waals surface area contributed by atoms with Crippen LogP contribution in [0.4, 0.5) is 5.69 Å². The van der Waals surface area contributed by atoms with Crippen molar-refractivity contribution in [2.24, 2.45) is 0 Å². The Labute approximate surface area is 128 Å². The molecule has 0 aliphatic carbocycles. The van der Waals surface area contributed by atoms with Gasteiger partial charge in [-0.1, -0.05) is 25.1 Å². The Bertz CT molecular complexity index is 623. The van der Waals surface area contributed by atoms with E-state index in [0.29, 0.717) is 16.1 Å². The van der Waals surface area contributed by atoms with Crippen molar-refractivity contribution in [1.29, 1.82) is 0 Å². The molecule has 0 saturated carbocycles. The number of anilines is 1. The molecule has 0 radical (unpaired) electrons. The molecule has 0 fully saturated rings. The van der Waals surface area contributed by atoms with Gasteiger partial charge >= 0.3 is 0 Å². The third-order valence-electron chi connectivity index (χ3n) is 3.15. The van der Waals surface area contributed by atoms with Crippen molar-refractivity contribution in [2.45, 2.75) is 26.3 Å². The molecular formula is C16H18N2O2S. The van der Waals surface area contributed by atoms with Crippen molar-refractivity contribution in [2.75, 3.05) is 5.32 Å². The molecule has 21 heavy (non-hydrogen) atoms. The molecule has 1 atom stereocenters. The normalized spacial score (nSPS) is 11.7. The van der Waals surface area contributed by atoms with Gasteiger partial charge in [-0.05, 0) is 36.9 Å². The highest BCUT2D eigenvalue weighted by Gasteiger charge is 2.15. The molecule has 2 amide bonds. The van der Waals surface area contributed by atoms with E-state index < -0.39 is 0 Å². The number of hydrogen-bond acceptors (Lipinski definition) is 3. The number of carbonyl (C=O) groups excluding carboxylic acids is 2. The van der Waals surface area contributed by atoms with E-state index in [0.717, 1.165) is 6.42 Å². The van der Waals surface area contributed by atoms with Crippen LogP contribution in [-0.2, 0) is 0 Å². The van der Waals surface area contributed by atoms with Gasteiger partial charge in [-0.15, -0.1) is 11.3 Å². The third-order valence-corrected chi connectivity index (χ3v) is 4.02. The number of rotatable bonds is 5. The Kier molecular flexibility index (Phi) is 5.11. The molecule has 1 aromatic carbocycles. The summed E-state index contributed by atoms with van der Waals surface area (Å²) in [6, 6.07) is 10.7. The maximum Gasteiger partial charge on any atom is 0.265 e. The molecule has 2 aromatic rings. The van der Waals surface area contributed by atoms with E-state index in [4.69, 9.17) is 0 Å². The molecular weight excluding hydrogens is 284 g/mol. The maximum atomic E-state index is 12.2. The fourth-order valence-corrected chi connectivity index (χ4v) is 2.40. The zero-order chi connectivity index (χ0) is 15.2. The smallest absolute Gasteiger partial charge is 0.265 e. The molecule has 0 saturated heterocycles. The Balaban J connectivity index is 2.17. The van der Waals surface area contributed by atoms with Crippen molar-refractivity contribution in [3.63, 3.8) is 0 Å². The molecule has 0 aliphatic rings. The first-order chi connectivity index (χ1) is 10.1. The van der Waals surface area contributed by atoms with Crippen molar-refractivity contribution in [3.8, 4) is 0 Å². The lowest BCUT2D eigenvalue weighted by Crippen LogP contribution is -2.32. The fraction of sp³-hybridized carbons (Fsp3) is 0.250. The fourth-order valence-electron chi connectivity index (χ4n) is 1.79. The Morgan fingerprint density at radius 3 is 2.57 bits per heavy atom. The highest BCUT2D eigenvalue weighted by molar-refractivity contribution is 7.12. The van der Waals surface area contributed by atoms with Crippen LogP contribution in [0.5, 0.6) is 0 Å². The molecule has 1 unspecified atom stereocenters. The van der Waals surface area contributed by atoms with Gasteiger partial charge in [-0.25, -0.2) is 0 Å². The Morgan fingerprint density at radius 2 is 1.90 bits per heavy atom. The number of para-hydroxylation sites is 1. The molecule has 1 aromatic heterocycles. The summed E-state index contributed by atoms with van der Waals surface area (Å²) in [5, 5.41) is 7.55. The minimum atomic E-state index is -0.200. The Morgan fingerprint density at radius 1 is 1.14 bits per heavy atom. The topological polar surface area (TPSA) is 58.2 Å². The predicted octanol–water partition coefficient (Wildman–Crippen LogP) is 3.53. The molecule has 0 spiro atoms. The van der Waals surface area contributed by atoms with Crippen LogP contribution in [0.2, 0.25) is 0 Å².